The number of hydrogen-bond acceptors (Lipinski definition) is 3. The first-order valence-electron chi connectivity index (χ1n) is 5.81. The van der Waals surface area contributed by atoms with Gasteiger partial charge in [0.25, 0.3) is 0 Å². The summed E-state index contributed by atoms with van der Waals surface area (Å²) in [6, 6.07) is 11.9. The van der Waals surface area contributed by atoms with Crippen LogP contribution < -0.4 is 0 Å². The monoisotopic (exact) mass is 337 g/mol. The van der Waals surface area contributed by atoms with E-state index < -0.39 is 0 Å². The SMILES string of the molecule is CCC(=Cc1ccc(-c2cccc(Br)c2)s1)[N+](=O)[O-]. The third kappa shape index (κ3) is 3.52. The summed E-state index contributed by atoms with van der Waals surface area (Å²) in [7, 11) is 0. The quantitative estimate of drug-likeness (QED) is 0.568. The van der Waals surface area contributed by atoms with Crippen molar-refractivity contribution in [2.75, 3.05) is 0 Å². The molecule has 0 radical (unpaired) electrons. The largest absolute Gasteiger partial charge is 0.259 e. The number of hydrogen-bond donors (Lipinski definition) is 0. The highest BCUT2D eigenvalue weighted by Gasteiger charge is 2.09. The predicted octanol–water partition coefficient (Wildman–Crippen LogP) is 5.21. The smallest absolute Gasteiger partial charge is 0.247 e. The molecular formula is C14H12BrNO2S. The highest BCUT2D eigenvalue weighted by atomic mass is 79.9. The lowest BCUT2D eigenvalue weighted by Gasteiger charge is -1.97. The molecule has 0 aliphatic rings. The lowest BCUT2D eigenvalue weighted by atomic mass is 10.2. The van der Waals surface area contributed by atoms with Crippen LogP contribution in [0.1, 0.15) is 18.2 Å². The van der Waals surface area contributed by atoms with Gasteiger partial charge < -0.3 is 0 Å². The van der Waals surface area contributed by atoms with Crippen LogP contribution >= 0.6 is 27.3 Å². The molecule has 0 fully saturated rings. The Morgan fingerprint density at radius 1 is 1.42 bits per heavy atom. The fourth-order valence-corrected chi connectivity index (χ4v) is 3.04. The van der Waals surface area contributed by atoms with Crippen LogP contribution in [0, 0.1) is 10.1 Å². The Bertz CT molecular complexity index is 634. The van der Waals surface area contributed by atoms with E-state index in [9.17, 15) is 10.1 Å². The highest BCUT2D eigenvalue weighted by molar-refractivity contribution is 9.10. The summed E-state index contributed by atoms with van der Waals surface area (Å²) in [4.78, 5) is 12.5. The van der Waals surface area contributed by atoms with Crippen molar-refractivity contribution in [3.05, 3.63) is 61.6 Å². The van der Waals surface area contributed by atoms with E-state index in [1.54, 1.807) is 24.3 Å². The van der Waals surface area contributed by atoms with Gasteiger partial charge in [-0.15, -0.1) is 11.3 Å². The van der Waals surface area contributed by atoms with Crippen molar-refractivity contribution < 1.29 is 4.92 Å². The average Bonchev–Trinajstić information content (AvgIpc) is 2.84. The van der Waals surface area contributed by atoms with Crippen LogP contribution in [-0.2, 0) is 0 Å². The van der Waals surface area contributed by atoms with E-state index in [1.807, 2.05) is 36.4 Å². The Balaban J connectivity index is 2.31. The van der Waals surface area contributed by atoms with Gasteiger partial charge in [0.2, 0.25) is 5.70 Å². The molecule has 3 nitrogen and oxygen atoms in total. The molecule has 0 atom stereocenters. The Kier molecular flexibility index (Phi) is 4.50. The van der Waals surface area contributed by atoms with E-state index in [0.717, 1.165) is 19.8 Å². The first-order valence-corrected chi connectivity index (χ1v) is 7.42. The van der Waals surface area contributed by atoms with Crippen molar-refractivity contribution in [2.45, 2.75) is 13.3 Å². The second-order valence-corrected chi connectivity index (χ2v) is 5.99. The van der Waals surface area contributed by atoms with E-state index in [1.165, 1.54) is 0 Å². The van der Waals surface area contributed by atoms with Crippen LogP contribution in [0.25, 0.3) is 16.5 Å². The fourth-order valence-electron chi connectivity index (χ4n) is 1.68. The number of benzene rings is 1. The molecule has 1 aromatic heterocycles. The predicted molar refractivity (Wildman–Crippen MR) is 82.7 cm³/mol. The van der Waals surface area contributed by atoms with Crippen LogP contribution in [0.3, 0.4) is 0 Å². The summed E-state index contributed by atoms with van der Waals surface area (Å²) in [5.41, 5.74) is 1.35. The molecule has 1 aromatic carbocycles. The minimum Gasteiger partial charge on any atom is -0.259 e. The van der Waals surface area contributed by atoms with Gasteiger partial charge in [-0.1, -0.05) is 35.0 Å². The summed E-state index contributed by atoms with van der Waals surface area (Å²) in [6.07, 6.45) is 2.07. The number of thiophene rings is 1. The molecule has 0 unspecified atom stereocenters. The maximum Gasteiger partial charge on any atom is 0.247 e. The van der Waals surface area contributed by atoms with Gasteiger partial charge in [-0.25, -0.2) is 0 Å². The molecule has 0 aliphatic carbocycles. The van der Waals surface area contributed by atoms with E-state index in [4.69, 9.17) is 0 Å². The van der Waals surface area contributed by atoms with Crippen LogP contribution in [0.15, 0.2) is 46.6 Å². The number of allylic oxidation sites excluding steroid dienone is 1. The zero-order chi connectivity index (χ0) is 13.8. The van der Waals surface area contributed by atoms with Gasteiger partial charge in [0.05, 0.1) is 4.92 Å². The van der Waals surface area contributed by atoms with Crippen LogP contribution in [0.4, 0.5) is 0 Å². The lowest BCUT2D eigenvalue weighted by molar-refractivity contribution is -0.425. The normalized spacial score (nSPS) is 11.6. The fraction of sp³-hybridized carbons (Fsp3) is 0.143. The van der Waals surface area contributed by atoms with Gasteiger partial charge in [0.1, 0.15) is 0 Å². The Labute approximate surface area is 123 Å². The second-order valence-electron chi connectivity index (χ2n) is 3.96. The third-order valence-electron chi connectivity index (χ3n) is 2.64. The first kappa shape index (κ1) is 14.0. The van der Waals surface area contributed by atoms with Gasteiger partial charge in [0.15, 0.2) is 0 Å². The summed E-state index contributed by atoms with van der Waals surface area (Å²) >= 11 is 4.99. The van der Waals surface area contributed by atoms with Crippen molar-refractivity contribution in [1.29, 1.82) is 0 Å². The highest BCUT2D eigenvalue weighted by Crippen LogP contribution is 2.31. The average molecular weight is 338 g/mol. The summed E-state index contributed by atoms with van der Waals surface area (Å²) < 4.78 is 1.02. The molecule has 98 valence electrons. The molecule has 0 N–H and O–H groups in total. The number of halogens is 1. The molecule has 0 amide bonds. The molecular weight excluding hydrogens is 326 g/mol. The second kappa shape index (κ2) is 6.12. The first-order chi connectivity index (χ1) is 9.10. The Morgan fingerprint density at radius 3 is 2.84 bits per heavy atom. The van der Waals surface area contributed by atoms with Gasteiger partial charge in [0, 0.05) is 26.7 Å². The molecule has 0 bridgehead atoms. The Morgan fingerprint density at radius 2 is 2.21 bits per heavy atom. The van der Waals surface area contributed by atoms with E-state index >= 15 is 0 Å². The number of nitrogens with zero attached hydrogens (tertiary/aromatic N) is 1. The zero-order valence-corrected chi connectivity index (χ0v) is 12.7. The van der Waals surface area contributed by atoms with E-state index in [-0.39, 0.29) is 10.6 Å². The molecule has 0 saturated carbocycles. The van der Waals surface area contributed by atoms with Crippen LogP contribution in [0.2, 0.25) is 0 Å². The molecule has 1 heterocycles. The van der Waals surface area contributed by atoms with Crippen molar-refractivity contribution >= 4 is 33.3 Å². The molecule has 19 heavy (non-hydrogen) atoms. The molecule has 0 spiro atoms. The van der Waals surface area contributed by atoms with Gasteiger partial charge in [-0.2, -0.15) is 0 Å². The van der Waals surface area contributed by atoms with Gasteiger partial charge in [-0.05, 0) is 29.8 Å². The van der Waals surface area contributed by atoms with Crippen molar-refractivity contribution in [3.63, 3.8) is 0 Å². The number of nitro groups is 1. The van der Waals surface area contributed by atoms with Gasteiger partial charge >= 0.3 is 0 Å². The van der Waals surface area contributed by atoms with Crippen LogP contribution in [-0.4, -0.2) is 4.92 Å². The zero-order valence-electron chi connectivity index (χ0n) is 10.3. The van der Waals surface area contributed by atoms with E-state index in [2.05, 4.69) is 15.9 Å². The van der Waals surface area contributed by atoms with Crippen molar-refractivity contribution in [2.24, 2.45) is 0 Å². The minimum atomic E-state index is -0.321. The summed E-state index contributed by atoms with van der Waals surface area (Å²) in [5.74, 6) is 0. The molecule has 5 heteroatoms. The molecule has 2 rings (SSSR count). The maximum atomic E-state index is 10.8. The van der Waals surface area contributed by atoms with Crippen molar-refractivity contribution in [1.82, 2.24) is 0 Å². The summed E-state index contributed by atoms with van der Waals surface area (Å²) in [6.45, 7) is 1.79. The number of rotatable bonds is 4. The van der Waals surface area contributed by atoms with E-state index in [0.29, 0.717) is 6.42 Å². The molecule has 0 saturated heterocycles. The molecule has 0 aliphatic heterocycles. The topological polar surface area (TPSA) is 43.1 Å². The van der Waals surface area contributed by atoms with Gasteiger partial charge in [-0.3, -0.25) is 10.1 Å². The van der Waals surface area contributed by atoms with Crippen LogP contribution in [0.5, 0.6) is 0 Å². The summed E-state index contributed by atoms with van der Waals surface area (Å²) in [5, 5.41) is 10.8. The van der Waals surface area contributed by atoms with Crippen molar-refractivity contribution in [3.8, 4) is 10.4 Å². The third-order valence-corrected chi connectivity index (χ3v) is 4.22. The lowest BCUT2D eigenvalue weighted by Crippen LogP contribution is -1.95. The Hall–Kier alpha value is -1.46. The minimum absolute atomic E-state index is 0.239. The maximum absolute atomic E-state index is 10.8. The standard InChI is InChI=1S/C14H12BrNO2S/c1-2-12(16(17)18)9-13-6-7-14(19-13)10-4-3-5-11(15)8-10/h3-9H,2H2,1H3. The molecule has 2 aromatic rings.